The normalized spacial score (nSPS) is 28.3. The molecule has 98 valence electrons. The topological polar surface area (TPSA) is 15.3 Å². The second kappa shape index (κ2) is 5.38. The van der Waals surface area contributed by atoms with Gasteiger partial charge in [0.2, 0.25) is 0 Å². The Bertz CT molecular complexity index is 436. The molecule has 1 N–H and O–H groups in total. The van der Waals surface area contributed by atoms with E-state index in [-0.39, 0.29) is 0 Å². The van der Waals surface area contributed by atoms with E-state index in [1.807, 2.05) is 18.2 Å². The summed E-state index contributed by atoms with van der Waals surface area (Å²) in [7, 11) is 0. The molecule has 0 aliphatic carbocycles. The molecule has 3 rings (SSSR count). The number of benzene rings is 1. The Kier molecular flexibility index (Phi) is 3.81. The lowest BCUT2D eigenvalue weighted by Crippen LogP contribution is -2.44. The first-order chi connectivity index (χ1) is 8.74. The Hall–Kier alpha value is -0.280. The van der Waals surface area contributed by atoms with Crippen molar-refractivity contribution in [3.05, 3.63) is 33.8 Å². The van der Waals surface area contributed by atoms with Gasteiger partial charge >= 0.3 is 0 Å². The maximum absolute atomic E-state index is 6.26. The van der Waals surface area contributed by atoms with Crippen LogP contribution in [-0.4, -0.2) is 30.6 Å². The number of hydrogen-bond donors (Lipinski definition) is 1. The first-order valence-corrected chi connectivity index (χ1v) is 7.38. The monoisotopic (exact) mass is 284 g/mol. The predicted octanol–water partition coefficient (Wildman–Crippen LogP) is 3.18. The highest BCUT2D eigenvalue weighted by Crippen LogP contribution is 2.30. The van der Waals surface area contributed by atoms with Crippen LogP contribution in [-0.2, 0) is 6.54 Å². The second-order valence-electron chi connectivity index (χ2n) is 5.33. The molecule has 2 fully saturated rings. The molecule has 1 aromatic rings. The molecule has 0 aromatic heterocycles. The Morgan fingerprint density at radius 1 is 1.28 bits per heavy atom. The molecular weight excluding hydrogens is 267 g/mol. The number of hydrogen-bond acceptors (Lipinski definition) is 2. The maximum atomic E-state index is 6.26. The average molecular weight is 285 g/mol. The van der Waals surface area contributed by atoms with Crippen LogP contribution >= 0.6 is 23.2 Å². The SMILES string of the molecule is Clc1ccc(Cl)c(CN2CCCC3CNCC32)c1. The van der Waals surface area contributed by atoms with Crippen molar-refractivity contribution in [2.24, 2.45) is 5.92 Å². The number of fused-ring (bicyclic) bond motifs is 1. The van der Waals surface area contributed by atoms with E-state index in [0.29, 0.717) is 6.04 Å². The molecule has 2 nitrogen and oxygen atoms in total. The fourth-order valence-electron chi connectivity index (χ4n) is 3.24. The third-order valence-electron chi connectivity index (χ3n) is 4.17. The standard InChI is InChI=1S/C14H18Cl2N2/c15-12-3-4-13(16)11(6-12)9-18-5-1-2-10-7-17-8-14(10)18/h3-4,6,10,14,17H,1-2,5,7-9H2. The number of likely N-dealkylation sites (tertiary alicyclic amines) is 1. The van der Waals surface area contributed by atoms with Gasteiger partial charge in [-0.1, -0.05) is 23.2 Å². The van der Waals surface area contributed by atoms with Gasteiger partial charge < -0.3 is 5.32 Å². The van der Waals surface area contributed by atoms with Gasteiger partial charge in [0.1, 0.15) is 0 Å². The van der Waals surface area contributed by atoms with Crippen molar-refractivity contribution >= 4 is 23.2 Å². The largest absolute Gasteiger partial charge is 0.315 e. The molecule has 2 aliphatic heterocycles. The van der Waals surface area contributed by atoms with Gasteiger partial charge in [-0.2, -0.15) is 0 Å². The van der Waals surface area contributed by atoms with E-state index >= 15 is 0 Å². The van der Waals surface area contributed by atoms with Crippen LogP contribution in [0, 0.1) is 5.92 Å². The molecule has 4 heteroatoms. The van der Waals surface area contributed by atoms with Crippen LogP contribution in [0.3, 0.4) is 0 Å². The predicted molar refractivity (Wildman–Crippen MR) is 76.3 cm³/mol. The van der Waals surface area contributed by atoms with Crippen LogP contribution in [0.2, 0.25) is 10.0 Å². The van der Waals surface area contributed by atoms with Gasteiger partial charge in [0, 0.05) is 29.2 Å². The summed E-state index contributed by atoms with van der Waals surface area (Å²) in [6, 6.07) is 6.42. The minimum Gasteiger partial charge on any atom is -0.315 e. The molecule has 0 amide bonds. The van der Waals surface area contributed by atoms with Gasteiger partial charge in [-0.15, -0.1) is 0 Å². The lowest BCUT2D eigenvalue weighted by molar-refractivity contribution is 0.117. The molecule has 0 bridgehead atoms. The Morgan fingerprint density at radius 3 is 3.06 bits per heavy atom. The minimum absolute atomic E-state index is 0.675. The summed E-state index contributed by atoms with van der Waals surface area (Å²) in [5.41, 5.74) is 1.15. The Labute approximate surface area is 118 Å². The lowest BCUT2D eigenvalue weighted by Gasteiger charge is -2.37. The quantitative estimate of drug-likeness (QED) is 0.898. The third-order valence-corrected chi connectivity index (χ3v) is 4.78. The van der Waals surface area contributed by atoms with Crippen molar-refractivity contribution in [2.75, 3.05) is 19.6 Å². The summed E-state index contributed by atoms with van der Waals surface area (Å²) in [6.45, 7) is 4.38. The first-order valence-electron chi connectivity index (χ1n) is 6.63. The Morgan fingerprint density at radius 2 is 2.17 bits per heavy atom. The van der Waals surface area contributed by atoms with Gasteiger partial charge in [-0.05, 0) is 55.6 Å². The minimum atomic E-state index is 0.675. The highest BCUT2D eigenvalue weighted by molar-refractivity contribution is 6.33. The van der Waals surface area contributed by atoms with Crippen LogP contribution in [0.4, 0.5) is 0 Å². The van der Waals surface area contributed by atoms with Crippen molar-refractivity contribution in [3.63, 3.8) is 0 Å². The first kappa shape index (κ1) is 12.7. The van der Waals surface area contributed by atoms with Gasteiger partial charge in [0.15, 0.2) is 0 Å². The van der Waals surface area contributed by atoms with E-state index < -0.39 is 0 Å². The smallest absolute Gasteiger partial charge is 0.0452 e. The molecular formula is C14H18Cl2N2. The van der Waals surface area contributed by atoms with Crippen molar-refractivity contribution < 1.29 is 0 Å². The van der Waals surface area contributed by atoms with Crippen molar-refractivity contribution in [1.29, 1.82) is 0 Å². The fourth-order valence-corrected chi connectivity index (χ4v) is 3.61. The Balaban J connectivity index is 1.77. The maximum Gasteiger partial charge on any atom is 0.0452 e. The average Bonchev–Trinajstić information content (AvgIpc) is 2.83. The summed E-state index contributed by atoms with van der Waals surface area (Å²) in [5, 5.41) is 5.10. The highest BCUT2D eigenvalue weighted by Gasteiger charge is 2.34. The summed E-state index contributed by atoms with van der Waals surface area (Å²) in [5.74, 6) is 0.816. The summed E-state index contributed by atoms with van der Waals surface area (Å²) in [4.78, 5) is 2.56. The molecule has 2 heterocycles. The zero-order chi connectivity index (χ0) is 12.5. The van der Waals surface area contributed by atoms with Gasteiger partial charge in [-0.25, -0.2) is 0 Å². The second-order valence-corrected chi connectivity index (χ2v) is 6.18. The van der Waals surface area contributed by atoms with Crippen molar-refractivity contribution in [2.45, 2.75) is 25.4 Å². The number of nitrogens with one attached hydrogen (secondary N) is 1. The van der Waals surface area contributed by atoms with Crippen LogP contribution in [0.25, 0.3) is 0 Å². The molecule has 0 saturated carbocycles. The molecule has 2 atom stereocenters. The summed E-state index contributed by atoms with van der Waals surface area (Å²) in [6.07, 6.45) is 2.65. The van der Waals surface area contributed by atoms with E-state index in [1.54, 1.807) is 0 Å². The zero-order valence-electron chi connectivity index (χ0n) is 10.3. The van der Waals surface area contributed by atoms with E-state index in [2.05, 4.69) is 10.2 Å². The summed E-state index contributed by atoms with van der Waals surface area (Å²) < 4.78 is 0. The van der Waals surface area contributed by atoms with E-state index in [1.165, 1.54) is 25.9 Å². The molecule has 0 radical (unpaired) electrons. The molecule has 0 spiro atoms. The van der Waals surface area contributed by atoms with Crippen LogP contribution in [0.1, 0.15) is 18.4 Å². The fraction of sp³-hybridized carbons (Fsp3) is 0.571. The van der Waals surface area contributed by atoms with Gasteiger partial charge in [0.25, 0.3) is 0 Å². The van der Waals surface area contributed by atoms with Gasteiger partial charge in [0.05, 0.1) is 0 Å². The van der Waals surface area contributed by atoms with Crippen molar-refractivity contribution in [1.82, 2.24) is 10.2 Å². The van der Waals surface area contributed by atoms with Crippen LogP contribution < -0.4 is 5.32 Å². The lowest BCUT2D eigenvalue weighted by atomic mass is 9.91. The molecule has 2 saturated heterocycles. The highest BCUT2D eigenvalue weighted by atomic mass is 35.5. The van der Waals surface area contributed by atoms with Crippen LogP contribution in [0.15, 0.2) is 18.2 Å². The number of halogens is 2. The van der Waals surface area contributed by atoms with Crippen molar-refractivity contribution in [3.8, 4) is 0 Å². The van der Waals surface area contributed by atoms with Crippen LogP contribution in [0.5, 0.6) is 0 Å². The van der Waals surface area contributed by atoms with Gasteiger partial charge in [-0.3, -0.25) is 4.90 Å². The van der Waals surface area contributed by atoms with E-state index in [9.17, 15) is 0 Å². The molecule has 18 heavy (non-hydrogen) atoms. The third kappa shape index (κ3) is 2.53. The molecule has 2 unspecified atom stereocenters. The number of nitrogens with zero attached hydrogens (tertiary/aromatic N) is 1. The molecule has 2 aliphatic rings. The van der Waals surface area contributed by atoms with E-state index in [4.69, 9.17) is 23.2 Å². The zero-order valence-corrected chi connectivity index (χ0v) is 11.8. The number of rotatable bonds is 2. The molecule has 1 aromatic carbocycles. The van der Waals surface area contributed by atoms with E-state index in [0.717, 1.165) is 34.6 Å². The summed E-state index contributed by atoms with van der Waals surface area (Å²) >= 11 is 12.3. The number of piperidine rings is 1.